The standard InChI is InChI=1S/C27H32O2S/c1-7-9-21-17-24-23(26(3,4)18-27(5,6)30-24)16-22(21)15-12-19-10-13-20(14-11-19)25(28)29-8-2/h10-11,13-14,16-17H,7-9,18H2,1-6H3. The maximum atomic E-state index is 11.8. The largest absolute Gasteiger partial charge is 0.462 e. The second-order valence-electron chi connectivity index (χ2n) is 9.23. The van der Waals surface area contributed by atoms with Crippen LogP contribution in [0.25, 0.3) is 0 Å². The van der Waals surface area contributed by atoms with Crippen molar-refractivity contribution in [3.05, 3.63) is 64.2 Å². The number of benzene rings is 2. The molecule has 2 nitrogen and oxygen atoms in total. The Labute approximate surface area is 185 Å². The summed E-state index contributed by atoms with van der Waals surface area (Å²) in [6.45, 7) is 13.8. The lowest BCUT2D eigenvalue weighted by Gasteiger charge is -2.42. The first-order valence-corrected chi connectivity index (χ1v) is 11.6. The summed E-state index contributed by atoms with van der Waals surface area (Å²) in [7, 11) is 0. The highest BCUT2D eigenvalue weighted by molar-refractivity contribution is 8.00. The highest BCUT2D eigenvalue weighted by atomic mass is 32.2. The third kappa shape index (κ3) is 5.10. The van der Waals surface area contributed by atoms with Crippen LogP contribution in [-0.2, 0) is 16.6 Å². The fourth-order valence-electron chi connectivity index (χ4n) is 4.36. The van der Waals surface area contributed by atoms with Crippen LogP contribution in [0.1, 0.15) is 87.0 Å². The first-order valence-electron chi connectivity index (χ1n) is 10.8. The quantitative estimate of drug-likeness (QED) is 0.403. The number of rotatable bonds is 4. The van der Waals surface area contributed by atoms with Crippen LogP contribution in [0.5, 0.6) is 0 Å². The number of carbonyl (C=O) groups is 1. The molecule has 0 radical (unpaired) electrons. The monoisotopic (exact) mass is 420 g/mol. The van der Waals surface area contributed by atoms with Crippen molar-refractivity contribution >= 4 is 17.7 Å². The molecule has 158 valence electrons. The van der Waals surface area contributed by atoms with Crippen molar-refractivity contribution in [1.29, 1.82) is 0 Å². The fraction of sp³-hybridized carbons (Fsp3) is 0.444. The van der Waals surface area contributed by atoms with Crippen LogP contribution in [0.15, 0.2) is 41.3 Å². The Balaban J connectivity index is 1.96. The fourth-order valence-corrected chi connectivity index (χ4v) is 6.04. The van der Waals surface area contributed by atoms with Crippen LogP contribution in [0, 0.1) is 11.8 Å². The van der Waals surface area contributed by atoms with Crippen molar-refractivity contribution in [2.24, 2.45) is 0 Å². The van der Waals surface area contributed by atoms with Crippen molar-refractivity contribution in [2.75, 3.05) is 6.61 Å². The van der Waals surface area contributed by atoms with Gasteiger partial charge >= 0.3 is 5.97 Å². The molecule has 0 aromatic heterocycles. The molecule has 0 saturated heterocycles. The molecule has 0 fully saturated rings. The van der Waals surface area contributed by atoms with Gasteiger partial charge in [-0.25, -0.2) is 4.79 Å². The molecule has 2 aromatic carbocycles. The Morgan fingerprint density at radius 2 is 1.77 bits per heavy atom. The molecule has 0 N–H and O–H groups in total. The van der Waals surface area contributed by atoms with E-state index < -0.39 is 0 Å². The van der Waals surface area contributed by atoms with Crippen LogP contribution in [-0.4, -0.2) is 17.3 Å². The maximum Gasteiger partial charge on any atom is 0.338 e. The first-order chi connectivity index (χ1) is 14.1. The van der Waals surface area contributed by atoms with Crippen molar-refractivity contribution < 1.29 is 9.53 Å². The van der Waals surface area contributed by atoms with E-state index in [1.807, 2.05) is 30.8 Å². The zero-order chi connectivity index (χ0) is 21.9. The summed E-state index contributed by atoms with van der Waals surface area (Å²) in [6, 6.07) is 12.0. The highest BCUT2D eigenvalue weighted by Crippen LogP contribution is 2.51. The van der Waals surface area contributed by atoms with Gasteiger partial charge in [0.1, 0.15) is 0 Å². The maximum absolute atomic E-state index is 11.8. The summed E-state index contributed by atoms with van der Waals surface area (Å²) >= 11 is 2.00. The Morgan fingerprint density at radius 3 is 2.40 bits per heavy atom. The van der Waals surface area contributed by atoms with Gasteiger partial charge in [0.2, 0.25) is 0 Å². The lowest BCUT2D eigenvalue weighted by atomic mass is 9.76. The molecule has 0 bridgehead atoms. The summed E-state index contributed by atoms with van der Waals surface area (Å²) in [5.74, 6) is 6.43. The average molecular weight is 421 g/mol. The van der Waals surface area contributed by atoms with E-state index in [9.17, 15) is 4.79 Å². The van der Waals surface area contributed by atoms with E-state index in [4.69, 9.17) is 4.74 Å². The van der Waals surface area contributed by atoms with E-state index in [0.717, 1.165) is 30.4 Å². The normalized spacial score (nSPS) is 16.2. The van der Waals surface area contributed by atoms with Crippen molar-refractivity contribution in [1.82, 2.24) is 0 Å². The van der Waals surface area contributed by atoms with E-state index in [0.29, 0.717) is 12.2 Å². The summed E-state index contributed by atoms with van der Waals surface area (Å²) in [5.41, 5.74) is 5.45. The van der Waals surface area contributed by atoms with Gasteiger partial charge in [0.15, 0.2) is 0 Å². The van der Waals surface area contributed by atoms with E-state index in [1.54, 1.807) is 12.1 Å². The van der Waals surface area contributed by atoms with Crippen molar-refractivity contribution in [3.63, 3.8) is 0 Å². The molecule has 0 atom stereocenters. The summed E-state index contributed by atoms with van der Waals surface area (Å²) in [4.78, 5) is 13.2. The number of thioether (sulfide) groups is 1. The Hall–Kier alpha value is -2.18. The van der Waals surface area contributed by atoms with Crippen LogP contribution >= 0.6 is 11.8 Å². The SMILES string of the molecule is CCCc1cc2c(cc1C#Cc1ccc(C(=O)OCC)cc1)C(C)(C)CC(C)(C)S2. The number of hydrogen-bond acceptors (Lipinski definition) is 3. The molecule has 0 saturated carbocycles. The summed E-state index contributed by atoms with van der Waals surface area (Å²) in [5, 5.41) is 0. The molecule has 1 aliphatic rings. The molecule has 3 heteroatoms. The van der Waals surface area contributed by atoms with Crippen LogP contribution in [0.4, 0.5) is 0 Å². The molecule has 0 aliphatic carbocycles. The van der Waals surface area contributed by atoms with E-state index in [-0.39, 0.29) is 16.1 Å². The predicted octanol–water partition coefficient (Wildman–Crippen LogP) is 6.77. The Kier molecular flexibility index (Phi) is 6.68. The van der Waals surface area contributed by atoms with Gasteiger partial charge in [0.25, 0.3) is 0 Å². The number of hydrogen-bond donors (Lipinski definition) is 0. The van der Waals surface area contributed by atoms with Crippen molar-refractivity contribution in [3.8, 4) is 11.8 Å². The van der Waals surface area contributed by atoms with Gasteiger partial charge in [0.05, 0.1) is 12.2 Å². The minimum absolute atomic E-state index is 0.131. The molecule has 3 rings (SSSR count). The van der Waals surface area contributed by atoms with Gasteiger partial charge in [-0.15, -0.1) is 11.8 Å². The molecule has 1 heterocycles. The van der Waals surface area contributed by atoms with E-state index in [2.05, 4.69) is 58.6 Å². The molecule has 0 unspecified atom stereocenters. The Bertz CT molecular complexity index is 988. The predicted molar refractivity (Wildman–Crippen MR) is 126 cm³/mol. The van der Waals surface area contributed by atoms with Crippen molar-refractivity contribution in [2.45, 2.75) is 75.9 Å². The second-order valence-corrected chi connectivity index (χ2v) is 11.0. The third-order valence-electron chi connectivity index (χ3n) is 5.45. The molecule has 2 aromatic rings. The topological polar surface area (TPSA) is 26.3 Å². The number of esters is 1. The van der Waals surface area contributed by atoms with Gasteiger partial charge in [-0.1, -0.05) is 52.9 Å². The second kappa shape index (κ2) is 8.90. The number of ether oxygens (including phenoxy) is 1. The summed E-state index contributed by atoms with van der Waals surface area (Å²) in [6.07, 6.45) is 3.27. The minimum Gasteiger partial charge on any atom is -0.462 e. The zero-order valence-electron chi connectivity index (χ0n) is 19.0. The van der Waals surface area contributed by atoms with Crippen LogP contribution in [0.3, 0.4) is 0 Å². The zero-order valence-corrected chi connectivity index (χ0v) is 19.8. The third-order valence-corrected chi connectivity index (χ3v) is 6.70. The van der Waals surface area contributed by atoms with Gasteiger partial charge in [-0.05, 0) is 72.7 Å². The lowest BCUT2D eigenvalue weighted by Crippen LogP contribution is -2.33. The summed E-state index contributed by atoms with van der Waals surface area (Å²) < 4.78 is 5.29. The lowest BCUT2D eigenvalue weighted by molar-refractivity contribution is 0.0526. The van der Waals surface area contributed by atoms with E-state index >= 15 is 0 Å². The average Bonchev–Trinajstić information content (AvgIpc) is 2.66. The number of carbonyl (C=O) groups excluding carboxylic acids is 1. The highest BCUT2D eigenvalue weighted by Gasteiger charge is 2.38. The molecular formula is C27H32O2S. The molecular weight excluding hydrogens is 388 g/mol. The van der Waals surface area contributed by atoms with Crippen LogP contribution < -0.4 is 0 Å². The minimum atomic E-state index is -0.292. The number of fused-ring (bicyclic) bond motifs is 1. The molecule has 1 aliphatic heterocycles. The number of aryl methyl sites for hydroxylation is 1. The van der Waals surface area contributed by atoms with Gasteiger partial charge in [-0.3, -0.25) is 0 Å². The van der Waals surface area contributed by atoms with Crippen LogP contribution in [0.2, 0.25) is 0 Å². The van der Waals surface area contributed by atoms with Gasteiger partial charge < -0.3 is 4.74 Å². The van der Waals surface area contributed by atoms with E-state index in [1.165, 1.54) is 16.0 Å². The first kappa shape index (κ1) is 22.5. The van der Waals surface area contributed by atoms with Gasteiger partial charge in [0, 0.05) is 20.8 Å². The molecule has 30 heavy (non-hydrogen) atoms. The molecule has 0 spiro atoms. The Morgan fingerprint density at radius 1 is 1.07 bits per heavy atom. The van der Waals surface area contributed by atoms with Gasteiger partial charge in [-0.2, -0.15) is 0 Å². The smallest absolute Gasteiger partial charge is 0.338 e. The molecule has 0 amide bonds.